The standard InChI is InChI=1S/C14H11N3OS/c18-10-19-12-9-15-13-16-8-4-3-7-14(16)6-2-1-5-11(14)17(12)13/h1-5,7-10H,6H2. The van der Waals surface area contributed by atoms with Crippen LogP contribution in [0.25, 0.3) is 5.70 Å². The summed E-state index contributed by atoms with van der Waals surface area (Å²) in [5, 5.41) is 0.863. The van der Waals surface area contributed by atoms with Crippen LogP contribution in [0.15, 0.2) is 53.9 Å². The Morgan fingerprint density at radius 3 is 3.21 bits per heavy atom. The summed E-state index contributed by atoms with van der Waals surface area (Å²) in [6, 6.07) is 0. The number of carbonyl (C=O) groups excluding carboxylic acids is 1. The van der Waals surface area contributed by atoms with Crippen LogP contribution in [0, 0.1) is 0 Å². The number of hydrogen-bond donors (Lipinski definition) is 0. The van der Waals surface area contributed by atoms with Crippen molar-refractivity contribution in [3.8, 4) is 0 Å². The van der Waals surface area contributed by atoms with Crippen molar-refractivity contribution < 1.29 is 4.79 Å². The maximum Gasteiger partial charge on any atom is 0.216 e. The molecule has 1 aliphatic carbocycles. The van der Waals surface area contributed by atoms with Gasteiger partial charge >= 0.3 is 0 Å². The van der Waals surface area contributed by atoms with E-state index < -0.39 is 0 Å². The second-order valence-corrected chi connectivity index (χ2v) is 5.47. The first-order chi connectivity index (χ1) is 9.37. The van der Waals surface area contributed by atoms with Gasteiger partial charge in [0.15, 0.2) is 5.62 Å². The predicted molar refractivity (Wildman–Crippen MR) is 76.4 cm³/mol. The third kappa shape index (κ3) is 1.25. The van der Waals surface area contributed by atoms with E-state index in [9.17, 15) is 4.79 Å². The van der Waals surface area contributed by atoms with E-state index in [-0.39, 0.29) is 5.54 Å². The highest BCUT2D eigenvalue weighted by atomic mass is 32.2. The Hall–Kier alpha value is -2.01. The first kappa shape index (κ1) is 10.9. The minimum absolute atomic E-state index is 0.175. The van der Waals surface area contributed by atoms with Gasteiger partial charge in [0.1, 0.15) is 10.6 Å². The van der Waals surface area contributed by atoms with Gasteiger partial charge in [-0.3, -0.25) is 9.36 Å². The zero-order valence-corrected chi connectivity index (χ0v) is 10.9. The molecule has 3 heterocycles. The number of imidazole rings is 1. The Balaban J connectivity index is 1.98. The van der Waals surface area contributed by atoms with Crippen molar-refractivity contribution in [1.29, 1.82) is 0 Å². The fraction of sp³-hybridized carbons (Fsp3) is 0.143. The average molecular weight is 269 g/mol. The number of rotatable bonds is 2. The maximum atomic E-state index is 10.8. The molecule has 1 aromatic heterocycles. The lowest BCUT2D eigenvalue weighted by Crippen LogP contribution is -2.43. The van der Waals surface area contributed by atoms with Crippen molar-refractivity contribution in [2.75, 3.05) is 4.90 Å². The summed E-state index contributed by atoms with van der Waals surface area (Å²) >= 11 is 1.17. The number of aromatic nitrogens is 2. The van der Waals surface area contributed by atoms with Crippen molar-refractivity contribution in [3.63, 3.8) is 0 Å². The quantitative estimate of drug-likeness (QED) is 0.611. The molecule has 1 unspecified atom stereocenters. The fourth-order valence-corrected chi connectivity index (χ4v) is 3.46. The average Bonchev–Trinajstić information content (AvgIpc) is 2.96. The van der Waals surface area contributed by atoms with Crippen LogP contribution in [0.2, 0.25) is 0 Å². The Morgan fingerprint density at radius 2 is 2.32 bits per heavy atom. The SMILES string of the molecule is O=CSc1cnc2n1C1=CC=CCC13C=CC=CN23. The van der Waals surface area contributed by atoms with Crippen LogP contribution in [0.4, 0.5) is 5.95 Å². The molecule has 0 aromatic carbocycles. The Labute approximate surface area is 114 Å². The van der Waals surface area contributed by atoms with E-state index in [0.29, 0.717) is 0 Å². The Bertz CT molecular complexity index is 683. The van der Waals surface area contributed by atoms with Crippen molar-refractivity contribution in [2.24, 2.45) is 0 Å². The highest BCUT2D eigenvalue weighted by molar-refractivity contribution is 8.11. The van der Waals surface area contributed by atoms with Crippen LogP contribution < -0.4 is 4.90 Å². The predicted octanol–water partition coefficient (Wildman–Crippen LogP) is 2.61. The lowest BCUT2D eigenvalue weighted by atomic mass is 9.85. The largest absolute Gasteiger partial charge is 0.303 e. The molecule has 94 valence electrons. The second-order valence-electron chi connectivity index (χ2n) is 4.63. The number of carbonyl (C=O) groups is 1. The molecule has 0 bridgehead atoms. The van der Waals surface area contributed by atoms with Gasteiger partial charge in [0.05, 0.1) is 11.9 Å². The zero-order chi connectivity index (χ0) is 12.9. The number of fused-ring (bicyclic) bond motifs is 3. The van der Waals surface area contributed by atoms with Gasteiger partial charge in [0.25, 0.3) is 0 Å². The number of hydrogen-bond acceptors (Lipinski definition) is 4. The molecule has 19 heavy (non-hydrogen) atoms. The number of thioether (sulfide) groups is 1. The molecule has 0 fully saturated rings. The minimum Gasteiger partial charge on any atom is -0.303 e. The minimum atomic E-state index is -0.175. The van der Waals surface area contributed by atoms with Gasteiger partial charge in [0, 0.05) is 6.20 Å². The summed E-state index contributed by atoms with van der Waals surface area (Å²) < 4.78 is 2.07. The molecule has 0 radical (unpaired) electrons. The summed E-state index contributed by atoms with van der Waals surface area (Å²) in [4.78, 5) is 17.4. The van der Waals surface area contributed by atoms with Gasteiger partial charge in [-0.15, -0.1) is 0 Å². The second kappa shape index (κ2) is 3.74. The van der Waals surface area contributed by atoms with E-state index in [4.69, 9.17) is 0 Å². The highest BCUT2D eigenvalue weighted by Gasteiger charge is 2.48. The molecule has 0 amide bonds. The summed E-state index contributed by atoms with van der Waals surface area (Å²) in [6.07, 6.45) is 17.3. The van der Waals surface area contributed by atoms with E-state index in [1.54, 1.807) is 6.20 Å². The third-order valence-corrected chi connectivity index (χ3v) is 4.37. The topological polar surface area (TPSA) is 38.1 Å². The normalized spacial score (nSPS) is 25.9. The third-order valence-electron chi connectivity index (χ3n) is 3.75. The molecule has 5 heteroatoms. The molecule has 3 aliphatic rings. The Morgan fingerprint density at radius 1 is 1.37 bits per heavy atom. The maximum absolute atomic E-state index is 10.8. The van der Waals surface area contributed by atoms with Crippen LogP contribution in [0.3, 0.4) is 0 Å². The van der Waals surface area contributed by atoms with Crippen molar-refractivity contribution in [3.05, 3.63) is 48.9 Å². The zero-order valence-electron chi connectivity index (χ0n) is 10.1. The van der Waals surface area contributed by atoms with Crippen molar-refractivity contribution in [2.45, 2.75) is 17.0 Å². The number of nitrogens with zero attached hydrogens (tertiary/aromatic N) is 3. The first-order valence-electron chi connectivity index (χ1n) is 6.08. The van der Waals surface area contributed by atoms with Gasteiger partial charge in [-0.1, -0.05) is 24.3 Å². The monoisotopic (exact) mass is 269 g/mol. The van der Waals surface area contributed by atoms with E-state index in [0.717, 1.165) is 28.7 Å². The van der Waals surface area contributed by atoms with E-state index in [2.05, 4.69) is 44.8 Å². The van der Waals surface area contributed by atoms with Crippen LogP contribution in [0.5, 0.6) is 0 Å². The summed E-state index contributed by atoms with van der Waals surface area (Å²) in [6.45, 7) is 0. The number of allylic oxidation sites excluding steroid dienone is 4. The molecule has 1 aromatic rings. The van der Waals surface area contributed by atoms with Crippen LogP contribution in [0.1, 0.15) is 6.42 Å². The van der Waals surface area contributed by atoms with Gasteiger partial charge in [-0.2, -0.15) is 0 Å². The molecule has 4 nitrogen and oxygen atoms in total. The van der Waals surface area contributed by atoms with Crippen LogP contribution in [-0.2, 0) is 4.79 Å². The summed E-state index contributed by atoms with van der Waals surface area (Å²) in [5.74, 6) is 0.875. The summed E-state index contributed by atoms with van der Waals surface area (Å²) in [7, 11) is 0. The van der Waals surface area contributed by atoms with Gasteiger partial charge in [0.2, 0.25) is 5.95 Å². The van der Waals surface area contributed by atoms with E-state index in [1.165, 1.54) is 11.8 Å². The Kier molecular flexibility index (Phi) is 2.14. The molecule has 0 saturated carbocycles. The van der Waals surface area contributed by atoms with E-state index >= 15 is 0 Å². The molecule has 0 N–H and O–H groups in total. The fourth-order valence-electron chi connectivity index (χ4n) is 2.96. The lowest BCUT2D eigenvalue weighted by molar-refractivity contribution is 0.570. The highest BCUT2D eigenvalue weighted by Crippen LogP contribution is 2.49. The molecule has 1 spiro atoms. The van der Waals surface area contributed by atoms with Gasteiger partial charge in [-0.25, -0.2) is 4.98 Å². The van der Waals surface area contributed by atoms with Crippen LogP contribution in [-0.4, -0.2) is 20.7 Å². The molecular formula is C14H11N3OS. The van der Waals surface area contributed by atoms with Crippen LogP contribution >= 0.6 is 11.8 Å². The van der Waals surface area contributed by atoms with Crippen molar-refractivity contribution >= 4 is 29.0 Å². The molecule has 2 aliphatic heterocycles. The first-order valence-corrected chi connectivity index (χ1v) is 6.96. The summed E-state index contributed by atoms with van der Waals surface area (Å²) in [5.41, 5.74) is 1.83. The lowest BCUT2D eigenvalue weighted by Gasteiger charge is -2.37. The molecular weight excluding hydrogens is 258 g/mol. The van der Waals surface area contributed by atoms with Crippen molar-refractivity contribution in [1.82, 2.24) is 9.55 Å². The van der Waals surface area contributed by atoms with E-state index in [1.807, 2.05) is 12.3 Å². The molecule has 0 saturated heterocycles. The van der Waals surface area contributed by atoms with Gasteiger partial charge < -0.3 is 4.90 Å². The molecule has 1 atom stereocenters. The molecule has 4 rings (SSSR count). The smallest absolute Gasteiger partial charge is 0.216 e. The number of anilines is 1. The van der Waals surface area contributed by atoms with Gasteiger partial charge in [-0.05, 0) is 30.3 Å².